The first kappa shape index (κ1) is 14.4. The Morgan fingerprint density at radius 1 is 1.20 bits per heavy atom. The molecular formula is C18H14F3N3O. The van der Waals surface area contributed by atoms with Crippen LogP contribution in [0.2, 0.25) is 0 Å². The molecule has 0 amide bonds. The molecule has 0 N–H and O–H groups in total. The van der Waals surface area contributed by atoms with E-state index < -0.39 is 11.7 Å². The summed E-state index contributed by atoms with van der Waals surface area (Å²) in [5.41, 5.74) is 0.336. The van der Waals surface area contributed by atoms with E-state index in [9.17, 15) is 13.2 Å². The fourth-order valence-electron chi connectivity index (χ4n) is 3.17. The van der Waals surface area contributed by atoms with Crippen LogP contribution in [-0.2, 0) is 13.2 Å². The van der Waals surface area contributed by atoms with Crippen molar-refractivity contribution in [3.05, 3.63) is 54.5 Å². The van der Waals surface area contributed by atoms with Gasteiger partial charge in [-0.2, -0.15) is 18.3 Å². The monoisotopic (exact) mass is 346 g/mol. The minimum absolute atomic E-state index is 0.0517. The van der Waals surface area contributed by atoms with Gasteiger partial charge in [0.25, 0.3) is 0 Å². The van der Waals surface area contributed by atoms with Crippen LogP contribution in [0.5, 0.6) is 5.75 Å². The van der Waals surface area contributed by atoms with Gasteiger partial charge in [-0.15, -0.1) is 0 Å². The van der Waals surface area contributed by atoms with Gasteiger partial charge in [0.1, 0.15) is 5.75 Å². The number of methoxy groups -OCH3 is 1. The molecule has 0 saturated carbocycles. The van der Waals surface area contributed by atoms with Gasteiger partial charge in [-0.05, 0) is 24.3 Å². The van der Waals surface area contributed by atoms with E-state index >= 15 is 0 Å². The maximum Gasteiger partial charge on any atom is 0.417 e. The number of halogens is 3. The predicted molar refractivity (Wildman–Crippen MR) is 88.7 cm³/mol. The molecule has 1 aromatic carbocycles. The molecule has 128 valence electrons. The molecule has 4 rings (SSSR count). The number of benzene rings is 1. The largest absolute Gasteiger partial charge is 0.495 e. The van der Waals surface area contributed by atoms with E-state index in [1.54, 1.807) is 37.5 Å². The van der Waals surface area contributed by atoms with Gasteiger partial charge < -0.3 is 9.14 Å². The summed E-state index contributed by atoms with van der Waals surface area (Å²) in [5.74, 6) is 0.115. The third-order valence-electron chi connectivity index (χ3n) is 4.27. The second kappa shape index (κ2) is 5.27. The number of aryl methyl sites for hydroxylation is 1. The van der Waals surface area contributed by atoms with E-state index in [1.807, 2.05) is 0 Å². The molecule has 0 fully saturated rings. The first-order valence-electron chi connectivity index (χ1n) is 8.00. The van der Waals surface area contributed by atoms with Crippen molar-refractivity contribution in [1.82, 2.24) is 14.2 Å². The average Bonchev–Trinajstić information content (AvgIpc) is 3.16. The number of pyridine rings is 1. The van der Waals surface area contributed by atoms with E-state index in [1.165, 1.54) is 22.4 Å². The van der Waals surface area contributed by atoms with Crippen LogP contribution in [0.1, 0.15) is 6.93 Å². The molecule has 4 nitrogen and oxygen atoms in total. The van der Waals surface area contributed by atoms with Crippen LogP contribution in [0.3, 0.4) is 0 Å². The zero-order valence-electron chi connectivity index (χ0n) is 14.4. The third-order valence-corrected chi connectivity index (χ3v) is 4.27. The summed E-state index contributed by atoms with van der Waals surface area (Å²) in [7, 11) is 2.93. The lowest BCUT2D eigenvalue weighted by Gasteiger charge is -2.18. The van der Waals surface area contributed by atoms with Gasteiger partial charge >= 0.3 is 6.18 Å². The zero-order chi connectivity index (χ0) is 18.6. The lowest BCUT2D eigenvalue weighted by molar-refractivity contribution is -0.137. The van der Waals surface area contributed by atoms with Gasteiger partial charge in [-0.1, -0.05) is 6.07 Å². The Morgan fingerprint density at radius 3 is 2.72 bits per heavy atom. The summed E-state index contributed by atoms with van der Waals surface area (Å²) < 4.78 is 57.9. The molecule has 25 heavy (non-hydrogen) atoms. The molecule has 4 aromatic rings. The van der Waals surface area contributed by atoms with Crippen LogP contribution in [0, 0.1) is 0 Å². The number of aromatic nitrogens is 3. The van der Waals surface area contributed by atoms with E-state index in [4.69, 9.17) is 6.11 Å². The number of fused-ring (bicyclic) bond motifs is 2. The van der Waals surface area contributed by atoms with Crippen LogP contribution in [-0.4, -0.2) is 21.3 Å². The number of nitrogens with zero attached hydrogens (tertiary/aromatic N) is 3. The Labute approximate surface area is 142 Å². The Balaban J connectivity index is 2.20. The number of hydrogen-bond acceptors (Lipinski definition) is 2. The summed E-state index contributed by atoms with van der Waals surface area (Å²) in [4.78, 5) is 0. The lowest BCUT2D eigenvalue weighted by atomic mass is 9.95. The highest BCUT2D eigenvalue weighted by Crippen LogP contribution is 2.47. The average molecular weight is 346 g/mol. The molecule has 0 aliphatic carbocycles. The molecule has 3 aromatic heterocycles. The summed E-state index contributed by atoms with van der Waals surface area (Å²) in [6.45, 7) is 0. The van der Waals surface area contributed by atoms with Crippen molar-refractivity contribution in [2.24, 2.45) is 7.05 Å². The van der Waals surface area contributed by atoms with Crippen LogP contribution >= 0.6 is 0 Å². The Kier molecular flexibility index (Phi) is 3.03. The number of ether oxygens (including phenoxy) is 1. The molecule has 0 saturated heterocycles. The van der Waals surface area contributed by atoms with Crippen molar-refractivity contribution >= 4 is 16.4 Å². The first-order chi connectivity index (χ1) is 12.3. The molecule has 0 aliphatic heterocycles. The minimum Gasteiger partial charge on any atom is -0.495 e. The van der Waals surface area contributed by atoms with Gasteiger partial charge in [-0.25, -0.2) is 0 Å². The van der Waals surface area contributed by atoms with Crippen molar-refractivity contribution in [2.45, 2.75) is 6.18 Å². The van der Waals surface area contributed by atoms with Crippen LogP contribution in [0.15, 0.2) is 48.9 Å². The molecule has 0 atom stereocenters. The Bertz CT molecular complexity index is 1140. The molecule has 7 heteroatoms. The second-order valence-corrected chi connectivity index (χ2v) is 5.67. The molecule has 0 spiro atoms. The van der Waals surface area contributed by atoms with Gasteiger partial charge in [0.2, 0.25) is 0 Å². The molecule has 3 heterocycles. The minimum atomic E-state index is -4.58. The standard InChI is InChI=1S/C18H14F3N3O/c1-23-15-9-13(18(19,20)21)16(17(25-2)12(15)10-22-23)11-5-3-7-24-8-4-6-14(11)24/h3-10H,1-2H3/i8D. The van der Waals surface area contributed by atoms with E-state index in [0.717, 1.165) is 6.07 Å². The Hall–Kier alpha value is -2.96. The summed E-state index contributed by atoms with van der Waals surface area (Å²) >= 11 is 0. The highest BCUT2D eigenvalue weighted by atomic mass is 19.4. The van der Waals surface area contributed by atoms with Crippen molar-refractivity contribution in [2.75, 3.05) is 7.11 Å². The fourth-order valence-corrected chi connectivity index (χ4v) is 3.17. The molecule has 0 aliphatic rings. The number of hydrogen-bond donors (Lipinski definition) is 0. The van der Waals surface area contributed by atoms with Gasteiger partial charge in [0.05, 0.1) is 36.7 Å². The summed E-state index contributed by atoms with van der Waals surface area (Å²) in [6, 6.07) is 7.48. The van der Waals surface area contributed by atoms with Crippen molar-refractivity contribution < 1.29 is 19.3 Å². The van der Waals surface area contributed by atoms with Gasteiger partial charge in [0, 0.05) is 30.5 Å². The van der Waals surface area contributed by atoms with Crippen LogP contribution in [0.4, 0.5) is 13.2 Å². The molecule has 0 unspecified atom stereocenters. The topological polar surface area (TPSA) is 31.5 Å². The number of alkyl halides is 3. The third kappa shape index (κ3) is 2.26. The van der Waals surface area contributed by atoms with Gasteiger partial charge in [-0.3, -0.25) is 4.68 Å². The fraction of sp³-hybridized carbons (Fsp3) is 0.167. The quantitative estimate of drug-likeness (QED) is 0.534. The van der Waals surface area contributed by atoms with Gasteiger partial charge in [0.15, 0.2) is 0 Å². The second-order valence-electron chi connectivity index (χ2n) is 5.67. The molecule has 0 bridgehead atoms. The van der Waals surface area contributed by atoms with Crippen LogP contribution in [0.25, 0.3) is 27.5 Å². The van der Waals surface area contributed by atoms with E-state index in [2.05, 4.69) is 5.10 Å². The first-order valence-corrected chi connectivity index (χ1v) is 7.50. The van der Waals surface area contributed by atoms with E-state index in [-0.39, 0.29) is 17.5 Å². The van der Waals surface area contributed by atoms with Crippen molar-refractivity contribution in [3.63, 3.8) is 0 Å². The predicted octanol–water partition coefficient (Wildman–Crippen LogP) is 4.52. The summed E-state index contributed by atoms with van der Waals surface area (Å²) in [5, 5.41) is 4.56. The van der Waals surface area contributed by atoms with E-state index in [0.29, 0.717) is 22.0 Å². The highest BCUT2D eigenvalue weighted by molar-refractivity contribution is 5.98. The summed E-state index contributed by atoms with van der Waals surface area (Å²) in [6.07, 6.45) is -1.25. The maximum atomic E-state index is 13.9. The lowest BCUT2D eigenvalue weighted by Crippen LogP contribution is -2.09. The number of rotatable bonds is 2. The smallest absolute Gasteiger partial charge is 0.417 e. The van der Waals surface area contributed by atoms with Crippen molar-refractivity contribution in [3.8, 4) is 16.9 Å². The zero-order valence-corrected chi connectivity index (χ0v) is 13.4. The molecular weight excluding hydrogens is 331 g/mol. The maximum absolute atomic E-state index is 13.9. The SMILES string of the molecule is [2H]c1ccc2c(-c3c(C(F)(F)F)cc4c(cnn4C)c3OC)cccn12. The molecule has 0 radical (unpaired) electrons. The highest BCUT2D eigenvalue weighted by Gasteiger charge is 2.37. The van der Waals surface area contributed by atoms with Crippen LogP contribution < -0.4 is 4.74 Å². The normalized spacial score (nSPS) is 12.8. The van der Waals surface area contributed by atoms with Crippen molar-refractivity contribution in [1.29, 1.82) is 0 Å². The Morgan fingerprint density at radius 2 is 2.00 bits per heavy atom.